The summed E-state index contributed by atoms with van der Waals surface area (Å²) >= 11 is 0. The van der Waals surface area contributed by atoms with E-state index in [0.29, 0.717) is 18.0 Å². The number of hydrogen-bond acceptors (Lipinski definition) is 3. The first-order valence-corrected chi connectivity index (χ1v) is 9.43. The first-order chi connectivity index (χ1) is 11.1. The zero-order valence-corrected chi connectivity index (χ0v) is 15.1. The second-order valence-corrected chi connectivity index (χ2v) is 8.00. The molecule has 4 aliphatic rings. The van der Waals surface area contributed by atoms with Crippen molar-refractivity contribution in [2.75, 3.05) is 19.6 Å². The van der Waals surface area contributed by atoms with Gasteiger partial charge in [-0.1, -0.05) is 26.8 Å². The molecule has 3 heterocycles. The highest BCUT2D eigenvalue weighted by Gasteiger charge is 2.57. The van der Waals surface area contributed by atoms with Gasteiger partial charge in [-0.15, -0.1) is 0 Å². The summed E-state index contributed by atoms with van der Waals surface area (Å²) in [5.74, 6) is 0.627. The third-order valence-electron chi connectivity index (χ3n) is 6.67. The van der Waals surface area contributed by atoms with Gasteiger partial charge in [0.2, 0.25) is 0 Å². The zero-order valence-electron chi connectivity index (χ0n) is 15.1. The van der Waals surface area contributed by atoms with Crippen LogP contribution in [0.3, 0.4) is 0 Å². The Balaban J connectivity index is 1.83. The summed E-state index contributed by atoms with van der Waals surface area (Å²) < 4.78 is 0. The van der Waals surface area contributed by atoms with Gasteiger partial charge in [0.05, 0.1) is 11.6 Å². The number of likely N-dealkylation sites (N-methyl/N-ethyl adjacent to an activating group) is 1. The molecule has 0 aromatic heterocycles. The number of allylic oxidation sites excluding steroid dienone is 2. The van der Waals surface area contributed by atoms with Crippen LogP contribution in [0, 0.1) is 5.92 Å². The Morgan fingerprint density at radius 1 is 1.39 bits per heavy atom. The fourth-order valence-corrected chi connectivity index (χ4v) is 5.53. The summed E-state index contributed by atoms with van der Waals surface area (Å²) in [5, 5.41) is 3.94. The number of rotatable bonds is 2. The lowest BCUT2D eigenvalue weighted by Gasteiger charge is -2.58. The lowest BCUT2D eigenvalue weighted by Crippen LogP contribution is -2.73. The maximum atomic E-state index is 3.94. The van der Waals surface area contributed by atoms with Crippen LogP contribution in [-0.2, 0) is 0 Å². The second kappa shape index (κ2) is 5.49. The monoisotopic (exact) mass is 313 g/mol. The van der Waals surface area contributed by atoms with Gasteiger partial charge in [-0.25, -0.2) is 0 Å². The third-order valence-corrected chi connectivity index (χ3v) is 6.67. The van der Waals surface area contributed by atoms with Crippen LogP contribution in [0.4, 0.5) is 0 Å². The predicted octanol–water partition coefficient (Wildman–Crippen LogP) is 3.27. The fraction of sp³-hybridized carbons (Fsp3) is 0.700. The minimum absolute atomic E-state index is 0.206. The van der Waals surface area contributed by atoms with Gasteiger partial charge in [-0.2, -0.15) is 0 Å². The molecule has 3 atom stereocenters. The molecule has 0 aromatic rings. The molecule has 1 N–H and O–H groups in total. The Bertz CT molecular complexity index is 586. The molecule has 0 aromatic carbocycles. The van der Waals surface area contributed by atoms with Gasteiger partial charge >= 0.3 is 0 Å². The van der Waals surface area contributed by atoms with Crippen molar-refractivity contribution in [3.63, 3.8) is 0 Å². The van der Waals surface area contributed by atoms with Crippen molar-refractivity contribution in [1.29, 1.82) is 0 Å². The molecule has 126 valence electrons. The minimum atomic E-state index is 0.206. The van der Waals surface area contributed by atoms with E-state index in [4.69, 9.17) is 0 Å². The summed E-state index contributed by atoms with van der Waals surface area (Å²) in [6.45, 7) is 12.9. The minimum Gasteiger partial charge on any atom is -0.340 e. The number of nitrogens with one attached hydrogen (secondary N) is 1. The lowest BCUT2D eigenvalue weighted by molar-refractivity contribution is 0.00972. The zero-order chi connectivity index (χ0) is 16.2. The molecule has 0 spiro atoms. The maximum Gasteiger partial charge on any atom is 0.0677 e. The molecule has 3 heteroatoms. The lowest BCUT2D eigenvalue weighted by atomic mass is 9.69. The summed E-state index contributed by atoms with van der Waals surface area (Å²) in [7, 11) is 0. The van der Waals surface area contributed by atoms with Crippen LogP contribution in [0.5, 0.6) is 0 Å². The average Bonchev–Trinajstić information content (AvgIpc) is 2.90. The van der Waals surface area contributed by atoms with Crippen LogP contribution >= 0.6 is 0 Å². The number of nitrogens with zero attached hydrogens (tertiary/aromatic N) is 2. The van der Waals surface area contributed by atoms with E-state index in [9.17, 15) is 0 Å². The molecule has 3 aliphatic heterocycles. The van der Waals surface area contributed by atoms with Gasteiger partial charge < -0.3 is 10.2 Å². The SMILES string of the molecule is CCN1CCN[C@@H]2C1C(C)=CN1C3=C(CCC=C3)C[C@@]21C(C)C. The van der Waals surface area contributed by atoms with Crippen LogP contribution in [0.1, 0.15) is 47.0 Å². The molecule has 0 radical (unpaired) electrons. The van der Waals surface area contributed by atoms with Gasteiger partial charge in [0, 0.05) is 31.0 Å². The van der Waals surface area contributed by atoms with Gasteiger partial charge in [0.25, 0.3) is 0 Å². The van der Waals surface area contributed by atoms with E-state index in [1.165, 1.54) is 37.1 Å². The summed E-state index contributed by atoms with van der Waals surface area (Å²) in [4.78, 5) is 5.34. The quantitative estimate of drug-likeness (QED) is 0.844. The van der Waals surface area contributed by atoms with E-state index < -0.39 is 0 Å². The normalized spacial score (nSPS) is 36.9. The van der Waals surface area contributed by atoms with Crippen LogP contribution in [0.15, 0.2) is 35.2 Å². The summed E-state index contributed by atoms with van der Waals surface area (Å²) in [5.41, 5.74) is 4.91. The maximum absolute atomic E-state index is 3.94. The Morgan fingerprint density at radius 3 is 2.96 bits per heavy atom. The Kier molecular flexibility index (Phi) is 3.69. The fourth-order valence-electron chi connectivity index (χ4n) is 5.53. The number of piperazine rings is 1. The summed E-state index contributed by atoms with van der Waals surface area (Å²) in [6.07, 6.45) is 10.9. The van der Waals surface area contributed by atoms with E-state index in [0.717, 1.165) is 13.1 Å². The van der Waals surface area contributed by atoms with E-state index in [-0.39, 0.29) is 5.54 Å². The molecule has 1 unspecified atom stereocenters. The highest BCUT2D eigenvalue weighted by Crippen LogP contribution is 2.52. The highest BCUT2D eigenvalue weighted by atomic mass is 15.3. The third kappa shape index (κ3) is 2.02. The highest BCUT2D eigenvalue weighted by molar-refractivity contribution is 5.44. The van der Waals surface area contributed by atoms with Crippen LogP contribution < -0.4 is 5.32 Å². The first-order valence-electron chi connectivity index (χ1n) is 9.43. The largest absolute Gasteiger partial charge is 0.340 e. The molecule has 4 rings (SSSR count). The molecule has 0 saturated carbocycles. The molecule has 1 fully saturated rings. The predicted molar refractivity (Wildman–Crippen MR) is 96.0 cm³/mol. The van der Waals surface area contributed by atoms with Crippen molar-refractivity contribution in [3.05, 3.63) is 35.2 Å². The molecular weight excluding hydrogens is 282 g/mol. The Morgan fingerprint density at radius 2 is 2.22 bits per heavy atom. The van der Waals surface area contributed by atoms with Crippen LogP contribution in [-0.4, -0.2) is 47.1 Å². The molecule has 3 nitrogen and oxygen atoms in total. The van der Waals surface area contributed by atoms with E-state index >= 15 is 0 Å². The molecule has 1 saturated heterocycles. The van der Waals surface area contributed by atoms with Gasteiger partial charge in [-0.3, -0.25) is 4.90 Å². The second-order valence-electron chi connectivity index (χ2n) is 8.00. The Hall–Kier alpha value is -1.06. The van der Waals surface area contributed by atoms with Crippen LogP contribution in [0.25, 0.3) is 0 Å². The topological polar surface area (TPSA) is 18.5 Å². The molecule has 1 aliphatic carbocycles. The van der Waals surface area contributed by atoms with E-state index in [1.54, 1.807) is 5.57 Å². The standard InChI is InChI=1S/C20H31N3/c1-5-22-11-10-21-19-18(22)15(4)13-23-17-9-7-6-8-16(17)12-20(19,23)14(2)3/h7,9,13-14,18-19,21H,5-6,8,10-12H2,1-4H3/t18?,19-,20-/m1/s1. The van der Waals surface area contributed by atoms with E-state index in [1.807, 2.05) is 0 Å². The smallest absolute Gasteiger partial charge is 0.0677 e. The Labute approximate surface area is 141 Å². The molecular formula is C20H31N3. The number of fused-ring (bicyclic) bond motifs is 4. The first kappa shape index (κ1) is 15.5. The van der Waals surface area contributed by atoms with Crippen molar-refractivity contribution in [2.45, 2.75) is 64.6 Å². The summed E-state index contributed by atoms with van der Waals surface area (Å²) in [6, 6.07) is 1.08. The molecule has 0 amide bonds. The van der Waals surface area contributed by atoms with Crippen molar-refractivity contribution in [2.24, 2.45) is 5.92 Å². The van der Waals surface area contributed by atoms with E-state index in [2.05, 4.69) is 61.2 Å². The van der Waals surface area contributed by atoms with Gasteiger partial charge in [0.15, 0.2) is 0 Å². The van der Waals surface area contributed by atoms with Crippen LogP contribution in [0.2, 0.25) is 0 Å². The van der Waals surface area contributed by atoms with Crippen molar-refractivity contribution >= 4 is 0 Å². The van der Waals surface area contributed by atoms with Crippen molar-refractivity contribution < 1.29 is 0 Å². The molecule has 0 bridgehead atoms. The average molecular weight is 313 g/mol. The van der Waals surface area contributed by atoms with Gasteiger partial charge in [0.1, 0.15) is 0 Å². The number of hydrogen-bond donors (Lipinski definition) is 1. The van der Waals surface area contributed by atoms with Gasteiger partial charge in [-0.05, 0) is 55.9 Å². The van der Waals surface area contributed by atoms with Crippen molar-refractivity contribution in [1.82, 2.24) is 15.1 Å². The molecule has 23 heavy (non-hydrogen) atoms. The van der Waals surface area contributed by atoms with Crippen molar-refractivity contribution in [3.8, 4) is 0 Å².